The van der Waals surface area contributed by atoms with Crippen LogP contribution in [0.2, 0.25) is 0 Å². The molecule has 0 saturated heterocycles. The molecule has 4 nitrogen and oxygen atoms in total. The van der Waals surface area contributed by atoms with Crippen LogP contribution < -0.4 is 20.5 Å². The highest BCUT2D eigenvalue weighted by atomic mass is 16.5. The number of rotatable bonds is 7. The Kier molecular flexibility index (Phi) is 5.95. The number of ether oxygens (including phenoxy) is 2. The summed E-state index contributed by atoms with van der Waals surface area (Å²) in [6, 6.07) is 2.06. The molecule has 102 valence electrons. The van der Waals surface area contributed by atoms with Crippen LogP contribution in [0, 0.1) is 13.8 Å². The first-order valence-electron chi connectivity index (χ1n) is 6.27. The minimum absolute atomic E-state index is 0.660. The third-order valence-electron chi connectivity index (χ3n) is 3.19. The molecule has 0 aliphatic carbocycles. The van der Waals surface area contributed by atoms with E-state index in [-0.39, 0.29) is 0 Å². The zero-order valence-corrected chi connectivity index (χ0v) is 11.8. The van der Waals surface area contributed by atoms with Crippen molar-refractivity contribution in [1.29, 1.82) is 0 Å². The maximum absolute atomic E-state index is 5.51. The Labute approximate surface area is 109 Å². The van der Waals surface area contributed by atoms with Gasteiger partial charge >= 0.3 is 0 Å². The smallest absolute Gasteiger partial charge is 0.125 e. The molecule has 0 unspecified atom stereocenters. The first-order valence-corrected chi connectivity index (χ1v) is 6.27. The van der Waals surface area contributed by atoms with Crippen molar-refractivity contribution in [3.63, 3.8) is 0 Å². The maximum atomic E-state index is 5.51. The van der Waals surface area contributed by atoms with Crippen LogP contribution in [0.1, 0.15) is 16.7 Å². The molecule has 0 atom stereocenters. The van der Waals surface area contributed by atoms with Crippen LogP contribution in [0.5, 0.6) is 11.5 Å². The van der Waals surface area contributed by atoms with Crippen molar-refractivity contribution in [3.05, 3.63) is 22.8 Å². The van der Waals surface area contributed by atoms with E-state index in [1.165, 1.54) is 5.56 Å². The Morgan fingerprint density at radius 2 is 1.83 bits per heavy atom. The van der Waals surface area contributed by atoms with Gasteiger partial charge in [-0.25, -0.2) is 0 Å². The summed E-state index contributed by atoms with van der Waals surface area (Å²) < 4.78 is 10.9. The number of benzene rings is 1. The molecule has 1 aromatic carbocycles. The molecule has 0 aliphatic heterocycles. The summed E-state index contributed by atoms with van der Waals surface area (Å²) >= 11 is 0. The molecule has 0 spiro atoms. The van der Waals surface area contributed by atoms with Crippen LogP contribution in [-0.4, -0.2) is 33.9 Å². The molecular weight excluding hydrogens is 228 g/mol. The third kappa shape index (κ3) is 3.37. The Balaban J connectivity index is 2.91. The minimum atomic E-state index is 0.660. The molecule has 0 aromatic heterocycles. The lowest BCUT2D eigenvalue weighted by atomic mass is 10.0. The van der Waals surface area contributed by atoms with Gasteiger partial charge in [0.15, 0.2) is 0 Å². The summed E-state index contributed by atoms with van der Waals surface area (Å²) in [4.78, 5) is 0. The van der Waals surface area contributed by atoms with E-state index in [4.69, 9.17) is 15.2 Å². The van der Waals surface area contributed by atoms with Crippen molar-refractivity contribution in [3.8, 4) is 11.5 Å². The predicted octanol–water partition coefficient (Wildman–Crippen LogP) is 1.41. The van der Waals surface area contributed by atoms with Gasteiger partial charge in [-0.15, -0.1) is 0 Å². The highest BCUT2D eigenvalue weighted by Crippen LogP contribution is 2.33. The normalized spacial score (nSPS) is 10.5. The molecule has 0 fully saturated rings. The van der Waals surface area contributed by atoms with E-state index in [9.17, 15) is 0 Å². The number of nitrogens with two attached hydrogens (primary N) is 1. The highest BCUT2D eigenvalue weighted by Gasteiger charge is 2.13. The largest absolute Gasteiger partial charge is 0.496 e. The molecule has 0 aliphatic rings. The molecule has 1 rings (SSSR count). The minimum Gasteiger partial charge on any atom is -0.496 e. The van der Waals surface area contributed by atoms with Crippen LogP contribution in [-0.2, 0) is 6.42 Å². The van der Waals surface area contributed by atoms with Gasteiger partial charge in [-0.3, -0.25) is 0 Å². The Bertz CT molecular complexity index is 392. The van der Waals surface area contributed by atoms with E-state index >= 15 is 0 Å². The molecule has 1 aromatic rings. The fourth-order valence-electron chi connectivity index (χ4n) is 2.06. The van der Waals surface area contributed by atoms with E-state index < -0.39 is 0 Å². The zero-order chi connectivity index (χ0) is 13.5. The van der Waals surface area contributed by atoms with Gasteiger partial charge < -0.3 is 20.5 Å². The average Bonchev–Trinajstić information content (AvgIpc) is 2.38. The summed E-state index contributed by atoms with van der Waals surface area (Å²) in [5, 5.41) is 3.29. The lowest BCUT2D eigenvalue weighted by Crippen LogP contribution is -2.24. The maximum Gasteiger partial charge on any atom is 0.125 e. The molecule has 0 saturated carbocycles. The Morgan fingerprint density at radius 1 is 1.11 bits per heavy atom. The zero-order valence-electron chi connectivity index (χ0n) is 11.8. The fraction of sp³-hybridized carbons (Fsp3) is 0.571. The lowest BCUT2D eigenvalue weighted by Gasteiger charge is -2.17. The van der Waals surface area contributed by atoms with Crippen LogP contribution in [0.3, 0.4) is 0 Å². The SMILES string of the molecule is COc1cc(CCNCCN)c(OC)c(C)c1C. The van der Waals surface area contributed by atoms with Crippen LogP contribution >= 0.6 is 0 Å². The van der Waals surface area contributed by atoms with Gasteiger partial charge in [0.05, 0.1) is 14.2 Å². The Hall–Kier alpha value is -1.26. The summed E-state index contributed by atoms with van der Waals surface area (Å²) in [6.07, 6.45) is 0.903. The van der Waals surface area contributed by atoms with Crippen molar-refractivity contribution < 1.29 is 9.47 Å². The topological polar surface area (TPSA) is 56.5 Å². The number of hydrogen-bond acceptors (Lipinski definition) is 4. The monoisotopic (exact) mass is 252 g/mol. The Morgan fingerprint density at radius 3 is 2.39 bits per heavy atom. The van der Waals surface area contributed by atoms with Crippen molar-refractivity contribution in [2.75, 3.05) is 33.9 Å². The van der Waals surface area contributed by atoms with Gasteiger partial charge in [0, 0.05) is 13.1 Å². The number of hydrogen-bond donors (Lipinski definition) is 2. The van der Waals surface area contributed by atoms with Gasteiger partial charge in [-0.2, -0.15) is 0 Å². The van der Waals surface area contributed by atoms with E-state index in [0.29, 0.717) is 6.54 Å². The second kappa shape index (κ2) is 7.24. The van der Waals surface area contributed by atoms with Gasteiger partial charge in [-0.1, -0.05) is 0 Å². The van der Waals surface area contributed by atoms with Crippen molar-refractivity contribution >= 4 is 0 Å². The second-order valence-electron chi connectivity index (χ2n) is 4.31. The van der Waals surface area contributed by atoms with Gasteiger partial charge in [-0.05, 0) is 49.6 Å². The van der Waals surface area contributed by atoms with E-state index in [1.807, 2.05) is 6.92 Å². The molecule has 18 heavy (non-hydrogen) atoms. The summed E-state index contributed by atoms with van der Waals surface area (Å²) in [7, 11) is 3.41. The number of nitrogens with one attached hydrogen (secondary N) is 1. The van der Waals surface area contributed by atoms with Crippen LogP contribution in [0.25, 0.3) is 0 Å². The molecular formula is C14H24N2O2. The highest BCUT2D eigenvalue weighted by molar-refractivity contribution is 5.52. The standard InChI is InChI=1S/C14H24N2O2/c1-10-11(2)14(18-4)12(9-13(10)17-3)5-7-16-8-6-15/h9,16H,5-8,15H2,1-4H3. The molecule has 0 amide bonds. The summed E-state index contributed by atoms with van der Waals surface area (Å²) in [5.74, 6) is 1.88. The lowest BCUT2D eigenvalue weighted by molar-refractivity contribution is 0.393. The van der Waals surface area contributed by atoms with E-state index in [2.05, 4.69) is 18.3 Å². The van der Waals surface area contributed by atoms with E-state index in [1.54, 1.807) is 14.2 Å². The first-order chi connectivity index (χ1) is 8.65. The average molecular weight is 252 g/mol. The fourth-order valence-corrected chi connectivity index (χ4v) is 2.06. The summed E-state index contributed by atoms with van der Waals surface area (Å²) in [6.45, 7) is 6.50. The number of methoxy groups -OCH3 is 2. The predicted molar refractivity (Wildman–Crippen MR) is 74.6 cm³/mol. The second-order valence-corrected chi connectivity index (χ2v) is 4.31. The molecule has 0 bridgehead atoms. The van der Waals surface area contributed by atoms with Gasteiger partial charge in [0.2, 0.25) is 0 Å². The van der Waals surface area contributed by atoms with Crippen LogP contribution in [0.15, 0.2) is 6.07 Å². The van der Waals surface area contributed by atoms with Crippen molar-refractivity contribution in [2.45, 2.75) is 20.3 Å². The van der Waals surface area contributed by atoms with Gasteiger partial charge in [0.25, 0.3) is 0 Å². The molecule has 4 heteroatoms. The quantitative estimate of drug-likeness (QED) is 0.720. The van der Waals surface area contributed by atoms with Gasteiger partial charge in [0.1, 0.15) is 11.5 Å². The third-order valence-corrected chi connectivity index (χ3v) is 3.19. The van der Waals surface area contributed by atoms with E-state index in [0.717, 1.165) is 42.1 Å². The molecule has 0 heterocycles. The van der Waals surface area contributed by atoms with Crippen molar-refractivity contribution in [1.82, 2.24) is 5.32 Å². The molecule has 0 radical (unpaired) electrons. The molecule has 3 N–H and O–H groups in total. The van der Waals surface area contributed by atoms with Crippen LogP contribution in [0.4, 0.5) is 0 Å². The van der Waals surface area contributed by atoms with Crippen molar-refractivity contribution in [2.24, 2.45) is 5.73 Å². The summed E-state index contributed by atoms with van der Waals surface area (Å²) in [5.41, 5.74) is 8.89. The first kappa shape index (κ1) is 14.8.